The van der Waals surface area contributed by atoms with E-state index in [2.05, 4.69) is 15.5 Å². The van der Waals surface area contributed by atoms with Gasteiger partial charge in [-0.2, -0.15) is 9.40 Å². The van der Waals surface area contributed by atoms with E-state index in [1.165, 1.54) is 22.5 Å². The molecular weight excluding hydrogens is 396 g/mol. The molecule has 0 atom stereocenters. The zero-order valence-corrected chi connectivity index (χ0v) is 16.7. The minimum Gasteiger partial charge on any atom is -0.506 e. The summed E-state index contributed by atoms with van der Waals surface area (Å²) < 4.78 is 26.7. The number of fused-ring (bicyclic) bond motifs is 1. The number of H-pyrrole nitrogens is 1. The van der Waals surface area contributed by atoms with E-state index in [-0.39, 0.29) is 40.5 Å². The summed E-state index contributed by atoms with van der Waals surface area (Å²) in [5.41, 5.74) is -0.579. The zero-order valence-electron chi connectivity index (χ0n) is 15.8. The molecule has 2 aromatic carbocycles. The van der Waals surface area contributed by atoms with Crippen molar-refractivity contribution in [2.24, 2.45) is 0 Å². The standard InChI is InChI=1S/C19H20N4O5S/c1-3-23(4-2)29(27,28)12-9-10-16(24)15(11-12)20-19(26)17-13-7-5-6-8-14(13)18(25)22-21-17/h5-11,24H,3-4H2,1-2H3,(H,20,26)(H,22,25). The Morgan fingerprint density at radius 3 is 2.45 bits per heavy atom. The molecule has 0 unspecified atom stereocenters. The summed E-state index contributed by atoms with van der Waals surface area (Å²) in [7, 11) is -3.77. The van der Waals surface area contributed by atoms with Crippen LogP contribution in [-0.2, 0) is 10.0 Å². The Hall–Kier alpha value is -3.24. The van der Waals surface area contributed by atoms with Crippen molar-refractivity contribution >= 4 is 32.4 Å². The largest absolute Gasteiger partial charge is 0.506 e. The lowest BCUT2D eigenvalue weighted by Crippen LogP contribution is -2.30. The molecule has 0 fully saturated rings. The van der Waals surface area contributed by atoms with Crippen molar-refractivity contribution < 1.29 is 18.3 Å². The maximum atomic E-state index is 12.7. The number of phenolic OH excluding ortho intramolecular Hbond substituents is 1. The van der Waals surface area contributed by atoms with Crippen LogP contribution >= 0.6 is 0 Å². The molecule has 0 aliphatic heterocycles. The molecule has 10 heteroatoms. The Labute approximate surface area is 167 Å². The van der Waals surface area contributed by atoms with Gasteiger partial charge in [0.2, 0.25) is 10.0 Å². The Kier molecular flexibility index (Phi) is 5.66. The Balaban J connectivity index is 2.00. The molecule has 3 aromatic rings. The van der Waals surface area contributed by atoms with Crippen LogP contribution in [0.5, 0.6) is 5.75 Å². The summed E-state index contributed by atoms with van der Waals surface area (Å²) in [5, 5.41) is 19.3. The molecule has 1 aromatic heterocycles. The van der Waals surface area contributed by atoms with Crippen molar-refractivity contribution in [1.29, 1.82) is 0 Å². The van der Waals surface area contributed by atoms with Gasteiger partial charge in [0.25, 0.3) is 11.5 Å². The number of amides is 1. The van der Waals surface area contributed by atoms with E-state index in [0.717, 1.165) is 0 Å². The molecule has 1 amide bonds. The monoisotopic (exact) mass is 416 g/mol. The summed E-state index contributed by atoms with van der Waals surface area (Å²) >= 11 is 0. The molecule has 0 saturated carbocycles. The summed E-state index contributed by atoms with van der Waals surface area (Å²) in [5.74, 6) is -1.00. The van der Waals surface area contributed by atoms with E-state index in [0.29, 0.717) is 5.39 Å². The molecule has 0 aliphatic rings. The zero-order chi connectivity index (χ0) is 21.2. The number of phenols is 1. The minimum atomic E-state index is -3.77. The molecule has 1 heterocycles. The molecule has 9 nitrogen and oxygen atoms in total. The third-order valence-corrected chi connectivity index (χ3v) is 6.52. The number of carbonyl (C=O) groups is 1. The fraction of sp³-hybridized carbons (Fsp3) is 0.211. The van der Waals surface area contributed by atoms with E-state index in [1.807, 2.05) is 0 Å². The van der Waals surface area contributed by atoms with Crippen LogP contribution in [0, 0.1) is 0 Å². The molecule has 0 bridgehead atoms. The van der Waals surface area contributed by atoms with E-state index < -0.39 is 21.5 Å². The highest BCUT2D eigenvalue weighted by Crippen LogP contribution is 2.28. The molecule has 29 heavy (non-hydrogen) atoms. The topological polar surface area (TPSA) is 132 Å². The predicted octanol–water partition coefficient (Wildman–Crippen LogP) is 1.91. The second-order valence-electron chi connectivity index (χ2n) is 6.17. The number of hydrogen-bond donors (Lipinski definition) is 3. The first-order valence-electron chi connectivity index (χ1n) is 8.91. The number of hydrogen-bond acceptors (Lipinski definition) is 6. The molecule has 0 radical (unpaired) electrons. The summed E-state index contributed by atoms with van der Waals surface area (Å²) in [6, 6.07) is 10.1. The van der Waals surface area contributed by atoms with Gasteiger partial charge >= 0.3 is 0 Å². The van der Waals surface area contributed by atoms with Gasteiger partial charge in [-0.25, -0.2) is 13.5 Å². The smallest absolute Gasteiger partial charge is 0.276 e. The lowest BCUT2D eigenvalue weighted by Gasteiger charge is -2.19. The number of anilines is 1. The maximum Gasteiger partial charge on any atom is 0.276 e. The van der Waals surface area contributed by atoms with Gasteiger partial charge in [-0.05, 0) is 24.3 Å². The van der Waals surface area contributed by atoms with Crippen LogP contribution < -0.4 is 10.9 Å². The van der Waals surface area contributed by atoms with Gasteiger partial charge in [-0.1, -0.05) is 32.0 Å². The van der Waals surface area contributed by atoms with Crippen LogP contribution in [-0.4, -0.2) is 47.0 Å². The van der Waals surface area contributed by atoms with Gasteiger partial charge in [0.15, 0.2) is 5.69 Å². The fourth-order valence-electron chi connectivity index (χ4n) is 2.96. The number of sulfonamides is 1. The Morgan fingerprint density at radius 2 is 1.79 bits per heavy atom. The average molecular weight is 416 g/mol. The second-order valence-corrected chi connectivity index (χ2v) is 8.11. The average Bonchev–Trinajstić information content (AvgIpc) is 2.70. The van der Waals surface area contributed by atoms with Crippen molar-refractivity contribution in [3.05, 3.63) is 58.5 Å². The normalized spacial score (nSPS) is 11.7. The highest BCUT2D eigenvalue weighted by Gasteiger charge is 2.23. The number of aromatic nitrogens is 2. The molecule has 0 saturated heterocycles. The quantitative estimate of drug-likeness (QED) is 0.526. The maximum absolute atomic E-state index is 12.7. The molecule has 152 valence electrons. The summed E-state index contributed by atoms with van der Waals surface area (Å²) in [4.78, 5) is 24.6. The summed E-state index contributed by atoms with van der Waals surface area (Å²) in [6.07, 6.45) is 0. The third kappa shape index (κ3) is 3.84. The minimum absolute atomic E-state index is 0.0587. The molecular formula is C19H20N4O5S. The van der Waals surface area contributed by atoms with Crippen molar-refractivity contribution in [2.75, 3.05) is 18.4 Å². The number of rotatable bonds is 6. The Morgan fingerprint density at radius 1 is 1.14 bits per heavy atom. The van der Waals surface area contributed by atoms with Gasteiger partial charge < -0.3 is 10.4 Å². The number of nitrogens with zero attached hydrogens (tertiary/aromatic N) is 2. The van der Waals surface area contributed by atoms with Gasteiger partial charge in [-0.3, -0.25) is 9.59 Å². The summed E-state index contributed by atoms with van der Waals surface area (Å²) in [6.45, 7) is 4.01. The van der Waals surface area contributed by atoms with Crippen molar-refractivity contribution in [1.82, 2.24) is 14.5 Å². The number of nitrogens with one attached hydrogen (secondary N) is 2. The van der Waals surface area contributed by atoms with E-state index in [1.54, 1.807) is 38.1 Å². The first-order valence-corrected chi connectivity index (χ1v) is 10.4. The lowest BCUT2D eigenvalue weighted by atomic mass is 10.1. The van der Waals surface area contributed by atoms with E-state index >= 15 is 0 Å². The van der Waals surface area contributed by atoms with Gasteiger partial charge in [0.05, 0.1) is 16.0 Å². The van der Waals surface area contributed by atoms with Gasteiger partial charge in [0, 0.05) is 18.5 Å². The number of benzene rings is 2. The molecule has 3 rings (SSSR count). The van der Waals surface area contributed by atoms with Crippen LogP contribution in [0.15, 0.2) is 52.2 Å². The van der Waals surface area contributed by atoms with E-state index in [9.17, 15) is 23.1 Å². The first-order chi connectivity index (χ1) is 13.8. The van der Waals surface area contributed by atoms with Crippen LogP contribution in [0.4, 0.5) is 5.69 Å². The van der Waals surface area contributed by atoms with Crippen molar-refractivity contribution in [3.63, 3.8) is 0 Å². The van der Waals surface area contributed by atoms with Crippen molar-refractivity contribution in [3.8, 4) is 5.75 Å². The highest BCUT2D eigenvalue weighted by molar-refractivity contribution is 7.89. The van der Waals surface area contributed by atoms with Gasteiger partial charge in [0.1, 0.15) is 5.75 Å². The number of aromatic amines is 1. The van der Waals surface area contributed by atoms with Gasteiger partial charge in [-0.15, -0.1) is 0 Å². The second kappa shape index (κ2) is 8.02. The number of carbonyl (C=O) groups excluding carboxylic acids is 1. The van der Waals surface area contributed by atoms with Crippen LogP contribution in [0.1, 0.15) is 24.3 Å². The fourth-order valence-corrected chi connectivity index (χ4v) is 4.44. The molecule has 0 spiro atoms. The Bertz CT molecular complexity index is 1230. The predicted molar refractivity (Wildman–Crippen MR) is 109 cm³/mol. The third-order valence-electron chi connectivity index (χ3n) is 4.47. The van der Waals surface area contributed by atoms with Crippen LogP contribution in [0.3, 0.4) is 0 Å². The van der Waals surface area contributed by atoms with Crippen molar-refractivity contribution in [2.45, 2.75) is 18.7 Å². The lowest BCUT2D eigenvalue weighted by molar-refractivity contribution is 0.102. The SMILES string of the molecule is CCN(CC)S(=O)(=O)c1ccc(O)c(NC(=O)c2n[nH]c(=O)c3ccccc23)c1. The highest BCUT2D eigenvalue weighted by atomic mass is 32.2. The molecule has 3 N–H and O–H groups in total. The van der Waals surface area contributed by atoms with E-state index in [4.69, 9.17) is 0 Å². The first kappa shape index (κ1) is 20.5. The number of aromatic hydroxyl groups is 1. The van der Waals surface area contributed by atoms with Crippen LogP contribution in [0.2, 0.25) is 0 Å². The van der Waals surface area contributed by atoms with Crippen LogP contribution in [0.25, 0.3) is 10.8 Å². The molecule has 0 aliphatic carbocycles.